The van der Waals surface area contributed by atoms with Crippen molar-refractivity contribution in [3.63, 3.8) is 0 Å². The minimum atomic E-state index is -0.279. The van der Waals surface area contributed by atoms with Crippen LogP contribution in [0.25, 0.3) is 0 Å². The molecule has 1 amide bonds. The highest BCUT2D eigenvalue weighted by atomic mass is 16.5. The van der Waals surface area contributed by atoms with Gasteiger partial charge in [0.2, 0.25) is 5.91 Å². The number of aromatic nitrogens is 2. The molecular weight excluding hydrogens is 430 g/mol. The molecule has 0 aliphatic carbocycles. The molecule has 8 nitrogen and oxygen atoms in total. The zero-order valence-corrected chi connectivity index (χ0v) is 18.8. The Hall–Kier alpha value is -4.20. The van der Waals surface area contributed by atoms with Crippen LogP contribution in [-0.2, 0) is 4.79 Å². The van der Waals surface area contributed by atoms with E-state index in [0.29, 0.717) is 36.0 Å². The first-order valence-corrected chi connectivity index (χ1v) is 11.2. The van der Waals surface area contributed by atoms with E-state index in [2.05, 4.69) is 21.9 Å². The van der Waals surface area contributed by atoms with Crippen molar-refractivity contribution in [3.05, 3.63) is 84.7 Å². The van der Waals surface area contributed by atoms with Crippen molar-refractivity contribution in [2.75, 3.05) is 30.7 Å². The first-order valence-electron chi connectivity index (χ1n) is 11.2. The number of nitrogen functional groups attached to an aromatic ring is 1. The van der Waals surface area contributed by atoms with Gasteiger partial charge in [0.1, 0.15) is 35.0 Å². The number of nitrogens with one attached hydrogen (secondary N) is 1. The van der Waals surface area contributed by atoms with E-state index in [4.69, 9.17) is 10.5 Å². The van der Waals surface area contributed by atoms with E-state index in [-0.39, 0.29) is 29.0 Å². The van der Waals surface area contributed by atoms with Gasteiger partial charge >= 0.3 is 0 Å². The lowest BCUT2D eigenvalue weighted by molar-refractivity contribution is -0.127. The van der Waals surface area contributed by atoms with Gasteiger partial charge in [-0.05, 0) is 61.2 Å². The van der Waals surface area contributed by atoms with Gasteiger partial charge in [-0.3, -0.25) is 9.59 Å². The van der Waals surface area contributed by atoms with Gasteiger partial charge in [-0.1, -0.05) is 24.8 Å². The van der Waals surface area contributed by atoms with Crippen LogP contribution in [0.3, 0.4) is 0 Å². The number of para-hydroxylation sites is 1. The summed E-state index contributed by atoms with van der Waals surface area (Å²) in [6.45, 7) is 5.49. The largest absolute Gasteiger partial charge is 0.457 e. The maximum Gasteiger partial charge on any atom is 0.245 e. The summed E-state index contributed by atoms with van der Waals surface area (Å²) in [6.07, 6.45) is 4.56. The van der Waals surface area contributed by atoms with Gasteiger partial charge in [0.15, 0.2) is 5.78 Å². The number of rotatable bonds is 8. The molecule has 0 unspecified atom stereocenters. The van der Waals surface area contributed by atoms with Crippen molar-refractivity contribution in [1.82, 2.24) is 14.9 Å². The molecule has 1 atom stereocenters. The average Bonchev–Trinajstić information content (AvgIpc) is 2.88. The molecule has 4 rings (SSSR count). The third-order valence-corrected chi connectivity index (χ3v) is 5.76. The molecule has 2 aromatic carbocycles. The zero-order valence-electron chi connectivity index (χ0n) is 18.8. The minimum absolute atomic E-state index is 0.0634. The summed E-state index contributed by atoms with van der Waals surface area (Å²) in [4.78, 5) is 35.3. The SMILES string of the molecule is C=CC(=O)N1CCC[C@@H](CNc2ncnc(N)c2C(=O)c2ccc(Oc3ccccc3)cc2)C1. The van der Waals surface area contributed by atoms with Crippen molar-refractivity contribution in [2.24, 2.45) is 5.92 Å². The second-order valence-electron chi connectivity index (χ2n) is 8.13. The number of hydrogen-bond donors (Lipinski definition) is 2. The lowest BCUT2D eigenvalue weighted by Crippen LogP contribution is -2.41. The van der Waals surface area contributed by atoms with E-state index in [1.165, 1.54) is 12.4 Å². The van der Waals surface area contributed by atoms with Crippen molar-refractivity contribution < 1.29 is 14.3 Å². The number of hydrogen-bond acceptors (Lipinski definition) is 7. The molecule has 174 valence electrons. The van der Waals surface area contributed by atoms with Crippen LogP contribution in [0.1, 0.15) is 28.8 Å². The molecule has 2 heterocycles. The highest BCUT2D eigenvalue weighted by Gasteiger charge is 2.24. The molecular formula is C26H27N5O3. The number of likely N-dealkylation sites (tertiary alicyclic amines) is 1. The number of piperidine rings is 1. The van der Waals surface area contributed by atoms with Crippen molar-refractivity contribution >= 4 is 23.3 Å². The normalized spacial score (nSPS) is 15.4. The van der Waals surface area contributed by atoms with Crippen LogP contribution in [0.4, 0.5) is 11.6 Å². The number of nitrogens with two attached hydrogens (primary N) is 1. The molecule has 1 aromatic heterocycles. The Morgan fingerprint density at radius 2 is 1.85 bits per heavy atom. The highest BCUT2D eigenvalue weighted by Crippen LogP contribution is 2.26. The Labute approximate surface area is 198 Å². The number of anilines is 2. The molecule has 0 radical (unpaired) electrons. The third kappa shape index (κ3) is 5.40. The molecule has 1 saturated heterocycles. The Balaban J connectivity index is 1.46. The number of benzene rings is 2. The molecule has 1 fully saturated rings. The summed E-state index contributed by atoms with van der Waals surface area (Å²) in [5.41, 5.74) is 6.76. The predicted molar refractivity (Wildman–Crippen MR) is 131 cm³/mol. The van der Waals surface area contributed by atoms with E-state index >= 15 is 0 Å². The Bertz CT molecular complexity index is 1160. The Morgan fingerprint density at radius 3 is 2.59 bits per heavy atom. The molecule has 1 aliphatic rings. The van der Waals surface area contributed by atoms with Crippen LogP contribution in [-0.4, -0.2) is 46.2 Å². The quantitative estimate of drug-likeness (QED) is 0.390. The fourth-order valence-corrected chi connectivity index (χ4v) is 4.00. The second kappa shape index (κ2) is 10.6. The van der Waals surface area contributed by atoms with E-state index < -0.39 is 0 Å². The molecule has 0 spiro atoms. The molecule has 0 bridgehead atoms. The van der Waals surface area contributed by atoms with Crippen LogP contribution < -0.4 is 15.8 Å². The monoisotopic (exact) mass is 457 g/mol. The fourth-order valence-electron chi connectivity index (χ4n) is 4.00. The van der Waals surface area contributed by atoms with Crippen molar-refractivity contribution in [3.8, 4) is 11.5 Å². The predicted octanol–water partition coefficient (Wildman–Crippen LogP) is 3.92. The van der Waals surface area contributed by atoms with E-state index in [1.54, 1.807) is 29.2 Å². The van der Waals surface area contributed by atoms with E-state index in [0.717, 1.165) is 19.4 Å². The minimum Gasteiger partial charge on any atom is -0.457 e. The maximum absolute atomic E-state index is 13.3. The van der Waals surface area contributed by atoms with Crippen LogP contribution in [0.15, 0.2) is 73.6 Å². The third-order valence-electron chi connectivity index (χ3n) is 5.76. The summed E-state index contributed by atoms with van der Waals surface area (Å²) >= 11 is 0. The fraction of sp³-hybridized carbons (Fsp3) is 0.231. The van der Waals surface area contributed by atoms with Gasteiger partial charge in [-0.25, -0.2) is 9.97 Å². The molecule has 1 aliphatic heterocycles. The maximum atomic E-state index is 13.3. The average molecular weight is 458 g/mol. The number of carbonyl (C=O) groups excluding carboxylic acids is 2. The Kier molecular flexibility index (Phi) is 7.17. The van der Waals surface area contributed by atoms with Gasteiger partial charge in [0, 0.05) is 25.2 Å². The van der Waals surface area contributed by atoms with Gasteiger partial charge in [0.05, 0.1) is 0 Å². The molecule has 0 saturated carbocycles. The summed E-state index contributed by atoms with van der Waals surface area (Å²) < 4.78 is 5.80. The van der Waals surface area contributed by atoms with E-state index in [9.17, 15) is 9.59 Å². The van der Waals surface area contributed by atoms with Crippen LogP contribution in [0, 0.1) is 5.92 Å². The highest BCUT2D eigenvalue weighted by molar-refractivity contribution is 6.14. The van der Waals surface area contributed by atoms with Gasteiger partial charge in [-0.2, -0.15) is 0 Å². The second-order valence-corrected chi connectivity index (χ2v) is 8.13. The molecule has 34 heavy (non-hydrogen) atoms. The summed E-state index contributed by atoms with van der Waals surface area (Å²) in [5.74, 6) is 1.71. The van der Waals surface area contributed by atoms with Gasteiger partial charge < -0.3 is 20.7 Å². The van der Waals surface area contributed by atoms with Crippen LogP contribution >= 0.6 is 0 Å². The number of ketones is 1. The standard InChI is InChI=1S/C26H27N5O3/c1-2-22(32)31-14-6-7-18(16-31)15-28-26-23(25(27)29-17-30-26)24(33)19-10-12-21(13-11-19)34-20-8-4-3-5-9-20/h2-5,8-13,17-18H,1,6-7,14-16H2,(H3,27,28,29,30)/t18-/m0/s1. The van der Waals surface area contributed by atoms with Crippen molar-refractivity contribution in [1.29, 1.82) is 0 Å². The number of nitrogens with zero attached hydrogens (tertiary/aromatic N) is 3. The molecule has 8 heteroatoms. The first-order chi connectivity index (χ1) is 16.5. The topological polar surface area (TPSA) is 110 Å². The Morgan fingerprint density at radius 1 is 1.12 bits per heavy atom. The summed E-state index contributed by atoms with van der Waals surface area (Å²) in [6, 6.07) is 16.3. The lowest BCUT2D eigenvalue weighted by Gasteiger charge is -2.32. The summed E-state index contributed by atoms with van der Waals surface area (Å²) in [5, 5.41) is 3.26. The van der Waals surface area contributed by atoms with Gasteiger partial charge in [-0.15, -0.1) is 0 Å². The first kappa shape index (κ1) is 23.0. The van der Waals surface area contributed by atoms with Gasteiger partial charge in [0.25, 0.3) is 0 Å². The number of carbonyl (C=O) groups is 2. The molecule has 3 N–H and O–H groups in total. The summed E-state index contributed by atoms with van der Waals surface area (Å²) in [7, 11) is 0. The van der Waals surface area contributed by atoms with Crippen LogP contribution in [0.5, 0.6) is 11.5 Å². The van der Waals surface area contributed by atoms with E-state index in [1.807, 2.05) is 30.3 Å². The number of ether oxygens (including phenoxy) is 1. The smallest absolute Gasteiger partial charge is 0.245 e. The lowest BCUT2D eigenvalue weighted by atomic mass is 9.97. The number of amides is 1. The molecule has 3 aromatic rings. The van der Waals surface area contributed by atoms with Crippen molar-refractivity contribution in [2.45, 2.75) is 12.8 Å². The van der Waals surface area contributed by atoms with Crippen LogP contribution in [0.2, 0.25) is 0 Å². The zero-order chi connectivity index (χ0) is 23.9.